The average Bonchev–Trinajstić information content (AvgIpc) is 2.84. The minimum Gasteiger partial charge on any atom is -0.492 e. The molecule has 0 bridgehead atoms. The van der Waals surface area contributed by atoms with Crippen molar-refractivity contribution in [2.24, 2.45) is 0 Å². The van der Waals surface area contributed by atoms with Crippen molar-refractivity contribution < 1.29 is 4.74 Å². The molecular formula is C15H16N4O. The standard InChI is InChI=1S/C15H16N4O/c1-3-20-13-5-4-11(9-12(13)16)15-18-17-14-8-10(2)6-7-19(14)15/h4-9H,3,16H2,1-2H3. The van der Waals surface area contributed by atoms with Crippen LogP contribution >= 0.6 is 0 Å². The Kier molecular flexibility index (Phi) is 3.02. The van der Waals surface area contributed by atoms with Crippen molar-refractivity contribution in [3.63, 3.8) is 0 Å². The molecule has 0 fully saturated rings. The number of aromatic nitrogens is 3. The summed E-state index contributed by atoms with van der Waals surface area (Å²) in [7, 11) is 0. The molecule has 102 valence electrons. The van der Waals surface area contributed by atoms with Crippen LogP contribution in [0.1, 0.15) is 12.5 Å². The van der Waals surface area contributed by atoms with Crippen LogP contribution in [0.15, 0.2) is 36.5 Å². The third-order valence-corrected chi connectivity index (χ3v) is 3.13. The molecule has 3 aromatic rings. The maximum absolute atomic E-state index is 6.00. The van der Waals surface area contributed by atoms with Crippen molar-refractivity contribution >= 4 is 11.3 Å². The molecule has 0 unspecified atom stereocenters. The zero-order valence-corrected chi connectivity index (χ0v) is 11.5. The Bertz CT molecular complexity index is 764. The van der Waals surface area contributed by atoms with Crippen molar-refractivity contribution in [2.75, 3.05) is 12.3 Å². The van der Waals surface area contributed by atoms with Gasteiger partial charge >= 0.3 is 0 Å². The fourth-order valence-corrected chi connectivity index (χ4v) is 2.16. The van der Waals surface area contributed by atoms with Gasteiger partial charge in [0.05, 0.1) is 12.3 Å². The van der Waals surface area contributed by atoms with Gasteiger partial charge in [-0.2, -0.15) is 0 Å². The molecule has 2 aromatic heterocycles. The maximum atomic E-state index is 6.00. The van der Waals surface area contributed by atoms with Gasteiger partial charge in [-0.05, 0) is 49.7 Å². The number of fused-ring (bicyclic) bond motifs is 1. The Morgan fingerprint density at radius 1 is 1.20 bits per heavy atom. The van der Waals surface area contributed by atoms with Gasteiger partial charge in [0.25, 0.3) is 0 Å². The highest BCUT2D eigenvalue weighted by Gasteiger charge is 2.10. The number of hydrogen-bond acceptors (Lipinski definition) is 4. The van der Waals surface area contributed by atoms with Gasteiger partial charge in [0.2, 0.25) is 0 Å². The molecule has 2 heterocycles. The molecule has 0 aliphatic rings. The summed E-state index contributed by atoms with van der Waals surface area (Å²) in [6.07, 6.45) is 1.96. The molecule has 0 aliphatic heterocycles. The summed E-state index contributed by atoms with van der Waals surface area (Å²) < 4.78 is 7.39. The smallest absolute Gasteiger partial charge is 0.168 e. The lowest BCUT2D eigenvalue weighted by atomic mass is 10.1. The molecule has 5 nitrogen and oxygen atoms in total. The van der Waals surface area contributed by atoms with Crippen LogP contribution < -0.4 is 10.5 Å². The van der Waals surface area contributed by atoms with Gasteiger partial charge in [-0.25, -0.2) is 0 Å². The molecule has 2 N–H and O–H groups in total. The topological polar surface area (TPSA) is 65.4 Å². The van der Waals surface area contributed by atoms with Gasteiger partial charge < -0.3 is 10.5 Å². The maximum Gasteiger partial charge on any atom is 0.168 e. The molecule has 5 heteroatoms. The molecule has 3 rings (SSSR count). The van der Waals surface area contributed by atoms with E-state index in [1.807, 2.05) is 54.8 Å². The summed E-state index contributed by atoms with van der Waals surface area (Å²) in [6.45, 7) is 4.56. The fraction of sp³-hybridized carbons (Fsp3) is 0.200. The summed E-state index contributed by atoms with van der Waals surface area (Å²) in [5.74, 6) is 1.47. The number of pyridine rings is 1. The number of benzene rings is 1. The Labute approximate surface area is 117 Å². The Balaban J connectivity index is 2.09. The van der Waals surface area contributed by atoms with E-state index in [4.69, 9.17) is 10.5 Å². The third kappa shape index (κ3) is 2.07. The largest absolute Gasteiger partial charge is 0.492 e. The lowest BCUT2D eigenvalue weighted by molar-refractivity contribution is 0.342. The van der Waals surface area contributed by atoms with Crippen LogP contribution in [0, 0.1) is 6.92 Å². The number of aryl methyl sites for hydroxylation is 1. The van der Waals surface area contributed by atoms with Crippen molar-refractivity contribution in [2.45, 2.75) is 13.8 Å². The number of ether oxygens (including phenoxy) is 1. The summed E-state index contributed by atoms with van der Waals surface area (Å²) in [5, 5.41) is 8.43. The van der Waals surface area contributed by atoms with E-state index in [0.717, 1.165) is 22.6 Å². The molecule has 0 atom stereocenters. The minimum atomic E-state index is 0.594. The van der Waals surface area contributed by atoms with Crippen LogP contribution in [0.25, 0.3) is 17.0 Å². The summed E-state index contributed by atoms with van der Waals surface area (Å²) >= 11 is 0. The second kappa shape index (κ2) is 4.85. The molecule has 0 radical (unpaired) electrons. The molecule has 0 saturated heterocycles. The first-order chi connectivity index (χ1) is 9.69. The predicted octanol–water partition coefficient (Wildman–Crippen LogP) is 2.69. The molecular weight excluding hydrogens is 252 g/mol. The van der Waals surface area contributed by atoms with Crippen LogP contribution in [-0.4, -0.2) is 21.2 Å². The third-order valence-electron chi connectivity index (χ3n) is 3.13. The zero-order valence-electron chi connectivity index (χ0n) is 11.5. The Morgan fingerprint density at radius 3 is 2.80 bits per heavy atom. The highest BCUT2D eigenvalue weighted by molar-refractivity contribution is 5.68. The van der Waals surface area contributed by atoms with Crippen LogP contribution in [0.2, 0.25) is 0 Å². The predicted molar refractivity (Wildman–Crippen MR) is 78.7 cm³/mol. The van der Waals surface area contributed by atoms with Crippen LogP contribution in [0.3, 0.4) is 0 Å². The van der Waals surface area contributed by atoms with Crippen molar-refractivity contribution in [1.29, 1.82) is 0 Å². The highest BCUT2D eigenvalue weighted by atomic mass is 16.5. The van der Waals surface area contributed by atoms with E-state index < -0.39 is 0 Å². The molecule has 0 amide bonds. The van der Waals surface area contributed by atoms with Gasteiger partial charge in [0.15, 0.2) is 11.5 Å². The zero-order chi connectivity index (χ0) is 14.1. The molecule has 0 aliphatic carbocycles. The van der Waals surface area contributed by atoms with E-state index in [2.05, 4.69) is 10.2 Å². The van der Waals surface area contributed by atoms with E-state index >= 15 is 0 Å². The first-order valence-corrected chi connectivity index (χ1v) is 6.53. The first-order valence-electron chi connectivity index (χ1n) is 6.53. The van der Waals surface area contributed by atoms with Gasteiger partial charge in [0.1, 0.15) is 5.75 Å². The van der Waals surface area contributed by atoms with E-state index in [1.54, 1.807) is 0 Å². The molecule has 0 spiro atoms. The second-order valence-electron chi connectivity index (χ2n) is 4.64. The molecule has 1 aromatic carbocycles. The normalized spacial score (nSPS) is 10.9. The van der Waals surface area contributed by atoms with Crippen molar-refractivity contribution in [1.82, 2.24) is 14.6 Å². The van der Waals surface area contributed by atoms with E-state index in [0.29, 0.717) is 18.0 Å². The number of rotatable bonds is 3. The lowest BCUT2D eigenvalue weighted by Crippen LogP contribution is -1.97. The van der Waals surface area contributed by atoms with E-state index in [-0.39, 0.29) is 0 Å². The lowest BCUT2D eigenvalue weighted by Gasteiger charge is -2.08. The number of nitrogen functional groups attached to an aromatic ring is 1. The monoisotopic (exact) mass is 268 g/mol. The molecule has 0 saturated carbocycles. The average molecular weight is 268 g/mol. The van der Waals surface area contributed by atoms with Gasteiger partial charge in [-0.3, -0.25) is 4.40 Å². The quantitative estimate of drug-likeness (QED) is 0.742. The van der Waals surface area contributed by atoms with Gasteiger partial charge in [0, 0.05) is 11.8 Å². The van der Waals surface area contributed by atoms with Crippen LogP contribution in [-0.2, 0) is 0 Å². The Morgan fingerprint density at radius 2 is 2.05 bits per heavy atom. The number of nitrogens with two attached hydrogens (primary N) is 1. The number of hydrogen-bond donors (Lipinski definition) is 1. The van der Waals surface area contributed by atoms with Crippen LogP contribution in [0.4, 0.5) is 5.69 Å². The highest BCUT2D eigenvalue weighted by Crippen LogP contribution is 2.28. The van der Waals surface area contributed by atoms with E-state index in [9.17, 15) is 0 Å². The summed E-state index contributed by atoms with van der Waals surface area (Å²) in [4.78, 5) is 0. The SMILES string of the molecule is CCOc1ccc(-c2nnc3cc(C)ccn23)cc1N. The summed E-state index contributed by atoms with van der Waals surface area (Å²) in [6, 6.07) is 9.69. The minimum absolute atomic E-state index is 0.594. The number of nitrogens with zero attached hydrogens (tertiary/aromatic N) is 3. The van der Waals surface area contributed by atoms with Crippen LogP contribution in [0.5, 0.6) is 5.75 Å². The van der Waals surface area contributed by atoms with Gasteiger partial charge in [-0.15, -0.1) is 10.2 Å². The number of anilines is 1. The summed E-state index contributed by atoms with van der Waals surface area (Å²) in [5.41, 5.74) is 9.50. The van der Waals surface area contributed by atoms with Gasteiger partial charge in [-0.1, -0.05) is 0 Å². The van der Waals surface area contributed by atoms with E-state index in [1.165, 1.54) is 0 Å². The first kappa shape index (κ1) is 12.5. The molecule has 20 heavy (non-hydrogen) atoms. The fourth-order valence-electron chi connectivity index (χ4n) is 2.16. The van der Waals surface area contributed by atoms with Crippen molar-refractivity contribution in [3.05, 3.63) is 42.1 Å². The second-order valence-corrected chi connectivity index (χ2v) is 4.64. The Hall–Kier alpha value is -2.56. The van der Waals surface area contributed by atoms with Crippen molar-refractivity contribution in [3.8, 4) is 17.1 Å².